The van der Waals surface area contributed by atoms with Gasteiger partial charge < -0.3 is 9.64 Å². The summed E-state index contributed by atoms with van der Waals surface area (Å²) >= 11 is 4.63. The topological polar surface area (TPSA) is 76.8 Å². The smallest absolute Gasteiger partial charge is 0.291 e. The number of amides is 1. The lowest BCUT2D eigenvalue weighted by Crippen LogP contribution is -2.32. The van der Waals surface area contributed by atoms with E-state index in [1.807, 2.05) is 49.4 Å². The van der Waals surface area contributed by atoms with E-state index < -0.39 is 0 Å². The maximum Gasteiger partial charge on any atom is 0.291 e. The summed E-state index contributed by atoms with van der Waals surface area (Å²) in [6.07, 6.45) is 0. The van der Waals surface area contributed by atoms with Gasteiger partial charge in [0, 0.05) is 16.6 Å². The van der Waals surface area contributed by atoms with Crippen LogP contribution in [-0.4, -0.2) is 34.2 Å². The Balaban J connectivity index is 1.75. The number of anilines is 1. The Kier molecular flexibility index (Phi) is 4.44. The van der Waals surface area contributed by atoms with Crippen LogP contribution < -0.4 is 19.7 Å². The largest absolute Gasteiger partial charge is 0.496 e. The SMILES string of the molecule is CCN1C(=O)/C(=c2\sc3nc(-c4ccccc4OC)nn3c2=O)c2cc(Br)ccc21. The third-order valence-electron chi connectivity index (χ3n) is 5.03. The monoisotopic (exact) mass is 482 g/mol. The lowest BCUT2D eigenvalue weighted by atomic mass is 10.1. The molecule has 3 heterocycles. The molecular formula is C21H15BrN4O3S. The van der Waals surface area contributed by atoms with Crippen molar-refractivity contribution in [3.8, 4) is 17.1 Å². The first-order valence-corrected chi connectivity index (χ1v) is 10.8. The second-order valence-electron chi connectivity index (χ2n) is 6.65. The molecule has 0 unspecified atom stereocenters. The second kappa shape index (κ2) is 7.03. The van der Waals surface area contributed by atoms with E-state index in [2.05, 4.69) is 26.0 Å². The summed E-state index contributed by atoms with van der Waals surface area (Å²) in [4.78, 5) is 32.9. The highest BCUT2D eigenvalue weighted by Gasteiger charge is 2.33. The van der Waals surface area contributed by atoms with E-state index in [4.69, 9.17) is 4.74 Å². The predicted molar refractivity (Wildman–Crippen MR) is 119 cm³/mol. The van der Waals surface area contributed by atoms with Gasteiger partial charge in [0.1, 0.15) is 10.3 Å². The molecule has 150 valence electrons. The van der Waals surface area contributed by atoms with Crippen LogP contribution in [0.2, 0.25) is 0 Å². The number of likely N-dealkylation sites (N-methyl/N-ethyl adjacent to an activating group) is 1. The zero-order valence-electron chi connectivity index (χ0n) is 16.0. The number of carbonyl (C=O) groups excluding carboxylic acids is 1. The molecule has 5 rings (SSSR count). The number of halogens is 1. The molecule has 9 heteroatoms. The molecule has 2 aromatic heterocycles. The molecule has 1 amide bonds. The van der Waals surface area contributed by atoms with Gasteiger partial charge in [0.15, 0.2) is 5.82 Å². The highest BCUT2D eigenvalue weighted by molar-refractivity contribution is 9.10. The Hall–Kier alpha value is -3.04. The molecule has 0 fully saturated rings. The Morgan fingerprint density at radius 3 is 2.67 bits per heavy atom. The normalized spacial score (nSPS) is 15.2. The van der Waals surface area contributed by atoms with Gasteiger partial charge in [-0.05, 0) is 37.3 Å². The van der Waals surface area contributed by atoms with E-state index in [9.17, 15) is 9.59 Å². The molecule has 1 aliphatic heterocycles. The number of aromatic nitrogens is 3. The van der Waals surface area contributed by atoms with Crippen LogP contribution >= 0.6 is 27.3 Å². The summed E-state index contributed by atoms with van der Waals surface area (Å²) in [5.74, 6) is 0.849. The number of nitrogens with zero attached hydrogens (tertiary/aromatic N) is 4. The van der Waals surface area contributed by atoms with Crippen LogP contribution in [0.1, 0.15) is 12.5 Å². The molecule has 4 aromatic rings. The average Bonchev–Trinajstić information content (AvgIpc) is 3.38. The highest BCUT2D eigenvalue weighted by atomic mass is 79.9. The van der Waals surface area contributed by atoms with Crippen molar-refractivity contribution in [1.29, 1.82) is 0 Å². The molecule has 0 bridgehead atoms. The van der Waals surface area contributed by atoms with Gasteiger partial charge in [-0.1, -0.05) is 39.4 Å². The standard InChI is InChI=1S/C21H15BrN4O3S/c1-3-25-14-9-8-11(22)10-13(14)16(19(25)27)17-20(28)26-21(30-17)23-18(24-26)12-6-4-5-7-15(12)29-2/h4-10H,3H2,1-2H3/b17-16-. The lowest BCUT2D eigenvalue weighted by Gasteiger charge is -2.13. The van der Waals surface area contributed by atoms with Crippen molar-refractivity contribution in [3.05, 3.63) is 67.4 Å². The van der Waals surface area contributed by atoms with Crippen LogP contribution in [0, 0.1) is 0 Å². The first kappa shape index (κ1) is 19.0. The Morgan fingerprint density at radius 1 is 1.13 bits per heavy atom. The maximum atomic E-state index is 13.2. The lowest BCUT2D eigenvalue weighted by molar-refractivity contribution is -0.113. The van der Waals surface area contributed by atoms with Gasteiger partial charge in [0.05, 0.1) is 23.9 Å². The van der Waals surface area contributed by atoms with E-state index in [1.165, 1.54) is 15.9 Å². The Labute approximate surface area is 183 Å². The summed E-state index contributed by atoms with van der Waals surface area (Å²) in [7, 11) is 1.58. The molecule has 1 aliphatic rings. The van der Waals surface area contributed by atoms with Gasteiger partial charge in [-0.3, -0.25) is 9.59 Å². The van der Waals surface area contributed by atoms with Gasteiger partial charge in [-0.2, -0.15) is 9.50 Å². The van der Waals surface area contributed by atoms with Crippen LogP contribution in [0.4, 0.5) is 5.69 Å². The first-order chi connectivity index (χ1) is 14.5. The van der Waals surface area contributed by atoms with Gasteiger partial charge in [0.2, 0.25) is 4.96 Å². The summed E-state index contributed by atoms with van der Waals surface area (Å²) in [6, 6.07) is 13.0. The molecular weight excluding hydrogens is 468 g/mol. The van der Waals surface area contributed by atoms with E-state index in [0.29, 0.717) is 38.7 Å². The molecule has 0 aliphatic carbocycles. The zero-order chi connectivity index (χ0) is 21.0. The third-order valence-corrected chi connectivity index (χ3v) is 6.55. The van der Waals surface area contributed by atoms with E-state index >= 15 is 0 Å². The fraction of sp³-hybridized carbons (Fsp3) is 0.143. The number of benzene rings is 2. The number of hydrogen-bond acceptors (Lipinski definition) is 6. The number of carbonyl (C=O) groups is 1. The van der Waals surface area contributed by atoms with Gasteiger partial charge in [-0.15, -0.1) is 5.10 Å². The fourth-order valence-electron chi connectivity index (χ4n) is 3.67. The molecule has 0 saturated heterocycles. The molecule has 7 nitrogen and oxygen atoms in total. The van der Waals surface area contributed by atoms with Crippen molar-refractivity contribution in [2.75, 3.05) is 18.6 Å². The van der Waals surface area contributed by atoms with Crippen LogP contribution in [0.5, 0.6) is 5.75 Å². The van der Waals surface area contributed by atoms with Crippen molar-refractivity contribution < 1.29 is 9.53 Å². The minimum Gasteiger partial charge on any atom is -0.496 e. The maximum absolute atomic E-state index is 13.2. The first-order valence-electron chi connectivity index (χ1n) is 9.22. The molecule has 30 heavy (non-hydrogen) atoms. The number of fused-ring (bicyclic) bond motifs is 2. The van der Waals surface area contributed by atoms with Gasteiger partial charge in [-0.25, -0.2) is 0 Å². The number of methoxy groups -OCH3 is 1. The third kappa shape index (κ3) is 2.69. The van der Waals surface area contributed by atoms with Crippen molar-refractivity contribution >= 4 is 49.4 Å². The van der Waals surface area contributed by atoms with Crippen molar-refractivity contribution in [1.82, 2.24) is 14.6 Å². The molecule has 0 radical (unpaired) electrons. The minimum atomic E-state index is -0.351. The summed E-state index contributed by atoms with van der Waals surface area (Å²) < 4.78 is 7.82. The molecule has 0 spiro atoms. The van der Waals surface area contributed by atoms with Crippen LogP contribution in [-0.2, 0) is 4.79 Å². The average molecular weight is 483 g/mol. The quantitative estimate of drug-likeness (QED) is 0.448. The number of ether oxygens (including phenoxy) is 1. The molecule has 0 saturated carbocycles. The number of thiazole rings is 1. The summed E-state index contributed by atoms with van der Waals surface area (Å²) in [6.45, 7) is 2.43. The van der Waals surface area contributed by atoms with E-state index in [1.54, 1.807) is 12.0 Å². The summed E-state index contributed by atoms with van der Waals surface area (Å²) in [5.41, 5.74) is 2.29. The molecule has 0 atom stereocenters. The van der Waals surface area contributed by atoms with E-state index in [0.717, 1.165) is 15.7 Å². The van der Waals surface area contributed by atoms with Gasteiger partial charge in [0.25, 0.3) is 11.5 Å². The highest BCUT2D eigenvalue weighted by Crippen LogP contribution is 2.37. The van der Waals surface area contributed by atoms with E-state index in [-0.39, 0.29) is 11.5 Å². The predicted octanol–water partition coefficient (Wildman–Crippen LogP) is 2.87. The van der Waals surface area contributed by atoms with Crippen molar-refractivity contribution in [2.24, 2.45) is 0 Å². The Bertz CT molecular complexity index is 1440. The number of hydrogen-bond donors (Lipinski definition) is 0. The van der Waals surface area contributed by atoms with Crippen molar-refractivity contribution in [2.45, 2.75) is 6.92 Å². The Morgan fingerprint density at radius 2 is 1.93 bits per heavy atom. The van der Waals surface area contributed by atoms with Crippen LogP contribution in [0.15, 0.2) is 51.7 Å². The van der Waals surface area contributed by atoms with Gasteiger partial charge >= 0.3 is 0 Å². The second-order valence-corrected chi connectivity index (χ2v) is 8.55. The zero-order valence-corrected chi connectivity index (χ0v) is 18.5. The molecule has 0 N–H and O–H groups in total. The summed E-state index contributed by atoms with van der Waals surface area (Å²) in [5, 5.41) is 4.40. The molecule has 2 aromatic carbocycles. The fourth-order valence-corrected chi connectivity index (χ4v) is 5.02. The van der Waals surface area contributed by atoms with Crippen LogP contribution in [0.25, 0.3) is 21.9 Å². The minimum absolute atomic E-state index is 0.183. The van der Waals surface area contributed by atoms with Crippen molar-refractivity contribution in [3.63, 3.8) is 0 Å². The number of rotatable bonds is 3. The van der Waals surface area contributed by atoms with Crippen LogP contribution in [0.3, 0.4) is 0 Å². The number of para-hydroxylation sites is 1.